The number of aromatic nitrogens is 3. The maximum atomic E-state index is 12.1. The molecule has 3 rings (SSSR count). The van der Waals surface area contributed by atoms with Gasteiger partial charge in [-0.1, -0.05) is 12.1 Å². The summed E-state index contributed by atoms with van der Waals surface area (Å²) in [4.78, 5) is 3.89. The van der Waals surface area contributed by atoms with E-state index in [1.165, 1.54) is 18.5 Å². The Morgan fingerprint density at radius 2 is 1.95 bits per heavy atom. The van der Waals surface area contributed by atoms with Crippen LogP contribution in [0.15, 0.2) is 53.7 Å². The molecule has 7 heteroatoms. The van der Waals surface area contributed by atoms with Gasteiger partial charge in [-0.05, 0) is 24.3 Å². The van der Waals surface area contributed by atoms with Crippen LogP contribution in [-0.2, 0) is 10.0 Å². The summed E-state index contributed by atoms with van der Waals surface area (Å²) in [7, 11) is -3.67. The zero-order chi connectivity index (χ0) is 13.3. The third-order valence-corrected chi connectivity index (χ3v) is 3.97. The molecule has 2 aromatic heterocycles. The predicted molar refractivity (Wildman–Crippen MR) is 71.1 cm³/mol. The number of sulfonamides is 1. The zero-order valence-electron chi connectivity index (χ0n) is 9.74. The molecule has 0 aliphatic rings. The van der Waals surface area contributed by atoms with Crippen LogP contribution >= 0.6 is 0 Å². The number of H-pyrrole nitrogens is 1. The Balaban J connectivity index is 2.02. The smallest absolute Gasteiger partial charge is 0.264 e. The van der Waals surface area contributed by atoms with Gasteiger partial charge in [0.1, 0.15) is 4.90 Å². The molecule has 0 saturated carbocycles. The maximum Gasteiger partial charge on any atom is 0.264 e. The molecular formula is C12H10N4O2S. The highest BCUT2D eigenvalue weighted by molar-refractivity contribution is 7.92. The fourth-order valence-corrected chi connectivity index (χ4v) is 2.72. The van der Waals surface area contributed by atoms with Crippen molar-refractivity contribution in [2.75, 3.05) is 4.72 Å². The van der Waals surface area contributed by atoms with Crippen molar-refractivity contribution in [2.24, 2.45) is 0 Å². The van der Waals surface area contributed by atoms with Gasteiger partial charge in [0.25, 0.3) is 10.0 Å². The van der Waals surface area contributed by atoms with Crippen LogP contribution in [0.5, 0.6) is 0 Å². The highest BCUT2D eigenvalue weighted by Crippen LogP contribution is 2.22. The van der Waals surface area contributed by atoms with Gasteiger partial charge in [0.2, 0.25) is 0 Å². The fraction of sp³-hybridized carbons (Fsp3) is 0. The first-order valence-electron chi connectivity index (χ1n) is 5.53. The van der Waals surface area contributed by atoms with E-state index in [-0.39, 0.29) is 10.7 Å². The van der Waals surface area contributed by atoms with Gasteiger partial charge in [-0.2, -0.15) is 5.10 Å². The third-order valence-electron chi connectivity index (χ3n) is 2.65. The number of anilines is 1. The Bertz CT molecular complexity index is 812. The van der Waals surface area contributed by atoms with Gasteiger partial charge >= 0.3 is 0 Å². The minimum Gasteiger partial charge on any atom is -0.276 e. The monoisotopic (exact) mass is 274 g/mol. The van der Waals surface area contributed by atoms with Gasteiger partial charge in [-0.25, -0.2) is 8.42 Å². The van der Waals surface area contributed by atoms with E-state index in [2.05, 4.69) is 19.9 Å². The van der Waals surface area contributed by atoms with Crippen molar-refractivity contribution in [3.05, 3.63) is 48.8 Å². The van der Waals surface area contributed by atoms with Crippen molar-refractivity contribution in [2.45, 2.75) is 4.90 Å². The standard InChI is InChI=1S/C12H10N4O2S/c17-19(18,9-4-3-7-13-8-9)16-12-10-5-1-2-6-11(10)14-15-12/h1-8H,(H2,14,15,16). The molecule has 2 heterocycles. The summed E-state index contributed by atoms with van der Waals surface area (Å²) in [6.45, 7) is 0. The Labute approximate surface area is 109 Å². The lowest BCUT2D eigenvalue weighted by atomic mass is 10.2. The van der Waals surface area contributed by atoms with Crippen LogP contribution in [0.3, 0.4) is 0 Å². The predicted octanol–water partition coefficient (Wildman–Crippen LogP) is 1.76. The molecular weight excluding hydrogens is 264 g/mol. The Hall–Kier alpha value is -2.41. The molecule has 2 N–H and O–H groups in total. The summed E-state index contributed by atoms with van der Waals surface area (Å²) < 4.78 is 26.7. The number of nitrogens with zero attached hydrogens (tertiary/aromatic N) is 2. The summed E-state index contributed by atoms with van der Waals surface area (Å²) in [6.07, 6.45) is 2.81. The number of hydrogen-bond acceptors (Lipinski definition) is 4. The summed E-state index contributed by atoms with van der Waals surface area (Å²) in [5.74, 6) is 0.277. The van der Waals surface area contributed by atoms with E-state index < -0.39 is 10.0 Å². The SMILES string of the molecule is O=S(=O)(Nc1n[nH]c2ccccc12)c1cccnc1. The molecule has 0 aliphatic carbocycles. The molecule has 0 aliphatic heterocycles. The molecule has 3 aromatic rings. The fourth-order valence-electron chi connectivity index (χ4n) is 1.73. The van der Waals surface area contributed by atoms with Gasteiger partial charge in [-0.3, -0.25) is 14.8 Å². The van der Waals surface area contributed by atoms with Gasteiger partial charge < -0.3 is 0 Å². The Morgan fingerprint density at radius 1 is 1.11 bits per heavy atom. The lowest BCUT2D eigenvalue weighted by Gasteiger charge is -2.04. The van der Waals surface area contributed by atoms with Gasteiger partial charge in [-0.15, -0.1) is 0 Å². The normalized spacial score (nSPS) is 11.6. The molecule has 0 fully saturated rings. The van der Waals surface area contributed by atoms with Crippen molar-refractivity contribution < 1.29 is 8.42 Å². The Kier molecular flexibility index (Phi) is 2.68. The van der Waals surface area contributed by atoms with Crippen LogP contribution in [0, 0.1) is 0 Å². The van der Waals surface area contributed by atoms with E-state index in [1.54, 1.807) is 12.1 Å². The van der Waals surface area contributed by atoms with Crippen molar-refractivity contribution in [1.29, 1.82) is 0 Å². The molecule has 0 unspecified atom stereocenters. The van der Waals surface area contributed by atoms with Crippen LogP contribution in [-0.4, -0.2) is 23.6 Å². The highest BCUT2D eigenvalue weighted by Gasteiger charge is 2.17. The largest absolute Gasteiger partial charge is 0.276 e. The molecule has 96 valence electrons. The molecule has 19 heavy (non-hydrogen) atoms. The molecule has 6 nitrogen and oxygen atoms in total. The second-order valence-electron chi connectivity index (χ2n) is 3.91. The Morgan fingerprint density at radius 3 is 2.74 bits per heavy atom. The zero-order valence-corrected chi connectivity index (χ0v) is 10.6. The van der Waals surface area contributed by atoms with Gasteiger partial charge in [0.05, 0.1) is 5.52 Å². The van der Waals surface area contributed by atoms with E-state index in [1.807, 2.05) is 18.2 Å². The molecule has 0 bridgehead atoms. The number of nitrogens with one attached hydrogen (secondary N) is 2. The first kappa shape index (κ1) is 11.7. The van der Waals surface area contributed by atoms with E-state index in [0.29, 0.717) is 0 Å². The first-order valence-corrected chi connectivity index (χ1v) is 7.01. The average Bonchev–Trinajstić information content (AvgIpc) is 2.83. The van der Waals surface area contributed by atoms with E-state index >= 15 is 0 Å². The maximum absolute atomic E-state index is 12.1. The van der Waals surface area contributed by atoms with Crippen molar-refractivity contribution in [3.8, 4) is 0 Å². The van der Waals surface area contributed by atoms with Crippen LogP contribution in [0.1, 0.15) is 0 Å². The average molecular weight is 274 g/mol. The summed E-state index contributed by atoms with van der Waals surface area (Å²) in [5.41, 5.74) is 0.770. The van der Waals surface area contributed by atoms with Crippen LogP contribution in [0.25, 0.3) is 10.9 Å². The van der Waals surface area contributed by atoms with Gasteiger partial charge in [0.15, 0.2) is 5.82 Å². The number of aromatic amines is 1. The van der Waals surface area contributed by atoms with E-state index in [4.69, 9.17) is 0 Å². The molecule has 0 saturated heterocycles. The number of benzene rings is 1. The summed E-state index contributed by atoms with van der Waals surface area (Å²) in [5, 5.41) is 7.46. The quantitative estimate of drug-likeness (QED) is 0.761. The minimum atomic E-state index is -3.67. The third kappa shape index (κ3) is 2.15. The van der Waals surface area contributed by atoms with E-state index in [0.717, 1.165) is 10.9 Å². The lowest BCUT2D eigenvalue weighted by Crippen LogP contribution is -2.13. The van der Waals surface area contributed by atoms with Gasteiger partial charge in [0, 0.05) is 17.8 Å². The molecule has 0 amide bonds. The first-order chi connectivity index (χ1) is 9.17. The summed E-state index contributed by atoms with van der Waals surface area (Å²) in [6, 6.07) is 10.3. The number of pyridine rings is 1. The summed E-state index contributed by atoms with van der Waals surface area (Å²) >= 11 is 0. The van der Waals surface area contributed by atoms with Crippen molar-refractivity contribution in [1.82, 2.24) is 15.2 Å². The minimum absolute atomic E-state index is 0.0991. The number of fused-ring (bicyclic) bond motifs is 1. The molecule has 0 atom stereocenters. The van der Waals surface area contributed by atoms with Crippen LogP contribution in [0.2, 0.25) is 0 Å². The molecule has 1 aromatic carbocycles. The second-order valence-corrected chi connectivity index (χ2v) is 5.59. The number of hydrogen-bond donors (Lipinski definition) is 2. The highest BCUT2D eigenvalue weighted by atomic mass is 32.2. The van der Waals surface area contributed by atoms with Crippen molar-refractivity contribution in [3.63, 3.8) is 0 Å². The number of rotatable bonds is 3. The van der Waals surface area contributed by atoms with Crippen molar-refractivity contribution >= 4 is 26.7 Å². The molecule has 0 radical (unpaired) electrons. The number of para-hydroxylation sites is 1. The van der Waals surface area contributed by atoms with Crippen LogP contribution in [0.4, 0.5) is 5.82 Å². The van der Waals surface area contributed by atoms with Crippen LogP contribution < -0.4 is 4.72 Å². The second kappa shape index (κ2) is 4.36. The topological polar surface area (TPSA) is 87.7 Å². The lowest BCUT2D eigenvalue weighted by molar-refractivity contribution is 0.600. The van der Waals surface area contributed by atoms with E-state index in [9.17, 15) is 8.42 Å². The molecule has 0 spiro atoms.